The Morgan fingerprint density at radius 1 is 1.21 bits per heavy atom. The van der Waals surface area contributed by atoms with Gasteiger partial charge in [0.15, 0.2) is 5.04 Å². The van der Waals surface area contributed by atoms with Crippen molar-refractivity contribution in [2.75, 3.05) is 13.2 Å². The lowest BCUT2D eigenvalue weighted by atomic mass is 10.2. The standard InChI is InChI=1S/C19H12Cl2N2O3S2/c20-13-5-4-11(9-14(13)21)15-6-7-16(26-15)22-17-18(24)23(19(27)28-17)10-12-3-1-2-8-25-12/h1-7,9H,8,10H2/b22-17+. The number of aliphatic imine (C=N–C) groups is 1. The molecule has 1 amide bonds. The first-order valence-electron chi connectivity index (χ1n) is 8.17. The maximum atomic E-state index is 12.7. The summed E-state index contributed by atoms with van der Waals surface area (Å²) in [5.41, 5.74) is 0.762. The quantitative estimate of drug-likeness (QED) is 0.566. The minimum absolute atomic E-state index is 0.256. The number of halogens is 2. The first kappa shape index (κ1) is 19.3. The van der Waals surface area contributed by atoms with Gasteiger partial charge in [-0.25, -0.2) is 4.99 Å². The first-order chi connectivity index (χ1) is 13.5. The molecule has 0 radical (unpaired) electrons. The molecule has 28 heavy (non-hydrogen) atoms. The predicted octanol–water partition coefficient (Wildman–Crippen LogP) is 5.61. The van der Waals surface area contributed by atoms with Gasteiger partial charge in [-0.05, 0) is 48.2 Å². The Morgan fingerprint density at radius 2 is 2.07 bits per heavy atom. The van der Waals surface area contributed by atoms with Crippen molar-refractivity contribution in [3.63, 3.8) is 0 Å². The fourth-order valence-electron chi connectivity index (χ4n) is 2.57. The van der Waals surface area contributed by atoms with E-state index in [1.54, 1.807) is 30.3 Å². The van der Waals surface area contributed by atoms with Gasteiger partial charge in [0.05, 0.1) is 16.6 Å². The first-order valence-corrected chi connectivity index (χ1v) is 10.2. The average molecular weight is 451 g/mol. The van der Waals surface area contributed by atoms with Crippen LogP contribution in [0.2, 0.25) is 10.0 Å². The van der Waals surface area contributed by atoms with Crippen LogP contribution in [0.25, 0.3) is 11.3 Å². The second-order valence-corrected chi connectivity index (χ2v) is 8.25. The Bertz CT molecular complexity index is 1060. The number of hydrogen-bond donors (Lipinski definition) is 0. The number of thioether (sulfide) groups is 1. The van der Waals surface area contributed by atoms with Gasteiger partial charge in [-0.3, -0.25) is 9.69 Å². The van der Waals surface area contributed by atoms with Gasteiger partial charge in [0.2, 0.25) is 5.88 Å². The SMILES string of the molecule is O=C1/C(=N\c2ccc(-c3ccc(Cl)c(Cl)c3)o2)SC(=S)N1CC1=CC=CCO1. The monoisotopic (exact) mass is 450 g/mol. The molecule has 0 unspecified atom stereocenters. The van der Waals surface area contributed by atoms with Gasteiger partial charge in [0.1, 0.15) is 22.4 Å². The third-order valence-electron chi connectivity index (χ3n) is 3.94. The number of thiocarbonyl (C=S) groups is 1. The summed E-state index contributed by atoms with van der Waals surface area (Å²) in [4.78, 5) is 18.4. The molecule has 1 aromatic heterocycles. The van der Waals surface area contributed by atoms with Crippen LogP contribution in [0.4, 0.5) is 5.88 Å². The minimum Gasteiger partial charge on any atom is -0.492 e. The highest BCUT2D eigenvalue weighted by molar-refractivity contribution is 8.35. The van der Waals surface area contributed by atoms with E-state index in [1.807, 2.05) is 18.2 Å². The van der Waals surface area contributed by atoms with Crippen molar-refractivity contribution in [2.24, 2.45) is 4.99 Å². The summed E-state index contributed by atoms with van der Waals surface area (Å²) in [6.45, 7) is 0.763. The number of allylic oxidation sites excluding steroid dienone is 2. The van der Waals surface area contributed by atoms with E-state index in [0.29, 0.717) is 38.4 Å². The Morgan fingerprint density at radius 3 is 2.82 bits per heavy atom. The van der Waals surface area contributed by atoms with E-state index in [1.165, 1.54) is 4.90 Å². The van der Waals surface area contributed by atoms with E-state index < -0.39 is 0 Å². The number of benzene rings is 1. The summed E-state index contributed by atoms with van der Waals surface area (Å²) in [5, 5.41) is 1.15. The van der Waals surface area contributed by atoms with E-state index in [2.05, 4.69) is 4.99 Å². The number of amides is 1. The van der Waals surface area contributed by atoms with Crippen molar-refractivity contribution in [3.8, 4) is 11.3 Å². The molecule has 0 bridgehead atoms. The van der Waals surface area contributed by atoms with Crippen molar-refractivity contribution >= 4 is 68.3 Å². The molecule has 0 spiro atoms. The lowest BCUT2D eigenvalue weighted by molar-refractivity contribution is -0.119. The highest BCUT2D eigenvalue weighted by Gasteiger charge is 2.34. The summed E-state index contributed by atoms with van der Waals surface area (Å²) in [7, 11) is 0. The number of ether oxygens (including phenoxy) is 1. The number of hydrogen-bond acceptors (Lipinski definition) is 6. The van der Waals surface area contributed by atoms with E-state index in [4.69, 9.17) is 44.6 Å². The largest absolute Gasteiger partial charge is 0.492 e. The molecule has 2 aromatic rings. The Labute approximate surface area is 180 Å². The average Bonchev–Trinajstić information content (AvgIpc) is 3.25. The van der Waals surface area contributed by atoms with Gasteiger partial charge in [-0.2, -0.15) is 0 Å². The lowest BCUT2D eigenvalue weighted by Crippen LogP contribution is -2.32. The van der Waals surface area contributed by atoms with Gasteiger partial charge in [0, 0.05) is 11.6 Å². The molecule has 142 valence electrons. The smallest absolute Gasteiger partial charge is 0.285 e. The molecule has 1 fully saturated rings. The normalized spacial score (nSPS) is 18.0. The molecule has 0 aliphatic carbocycles. The van der Waals surface area contributed by atoms with Crippen molar-refractivity contribution in [1.82, 2.24) is 4.90 Å². The number of carbonyl (C=O) groups is 1. The molecule has 2 aliphatic rings. The van der Waals surface area contributed by atoms with Gasteiger partial charge in [0.25, 0.3) is 5.91 Å². The highest BCUT2D eigenvalue weighted by Crippen LogP contribution is 2.33. The third-order valence-corrected chi connectivity index (χ3v) is 6.00. The molecule has 1 saturated heterocycles. The van der Waals surface area contributed by atoms with E-state index >= 15 is 0 Å². The zero-order valence-corrected chi connectivity index (χ0v) is 17.4. The molecule has 5 nitrogen and oxygen atoms in total. The fraction of sp³-hybridized carbons (Fsp3) is 0.105. The van der Waals surface area contributed by atoms with Crippen LogP contribution in [0.1, 0.15) is 0 Å². The maximum Gasteiger partial charge on any atom is 0.285 e. The molecule has 0 atom stereocenters. The predicted molar refractivity (Wildman–Crippen MR) is 116 cm³/mol. The molecule has 4 rings (SSSR count). The van der Waals surface area contributed by atoms with E-state index in [0.717, 1.165) is 17.3 Å². The minimum atomic E-state index is -0.276. The fourth-order valence-corrected chi connectivity index (χ4v) is 4.01. The highest BCUT2D eigenvalue weighted by atomic mass is 35.5. The van der Waals surface area contributed by atoms with Gasteiger partial charge >= 0.3 is 0 Å². The van der Waals surface area contributed by atoms with Crippen LogP contribution in [0.15, 0.2) is 63.7 Å². The summed E-state index contributed by atoms with van der Waals surface area (Å²) < 4.78 is 11.7. The molecule has 0 N–H and O–H groups in total. The lowest BCUT2D eigenvalue weighted by Gasteiger charge is -2.18. The number of rotatable bonds is 4. The molecule has 0 saturated carbocycles. The van der Waals surface area contributed by atoms with Gasteiger partial charge < -0.3 is 9.15 Å². The zero-order valence-electron chi connectivity index (χ0n) is 14.2. The Kier molecular flexibility index (Phi) is 5.59. The van der Waals surface area contributed by atoms with Crippen LogP contribution in [0.5, 0.6) is 0 Å². The van der Waals surface area contributed by atoms with Crippen LogP contribution in [-0.4, -0.2) is 33.3 Å². The third kappa shape index (κ3) is 4.03. The summed E-state index contributed by atoms with van der Waals surface area (Å²) in [5.74, 6) is 1.28. The molecule has 2 aliphatic heterocycles. The zero-order chi connectivity index (χ0) is 19.7. The summed E-state index contributed by atoms with van der Waals surface area (Å²) in [6.07, 6.45) is 5.59. The van der Waals surface area contributed by atoms with Crippen molar-refractivity contribution in [2.45, 2.75) is 0 Å². The van der Waals surface area contributed by atoms with Crippen LogP contribution < -0.4 is 0 Å². The van der Waals surface area contributed by atoms with Crippen molar-refractivity contribution < 1.29 is 13.9 Å². The summed E-state index contributed by atoms with van der Waals surface area (Å²) in [6, 6.07) is 8.63. The second-order valence-electron chi connectivity index (χ2n) is 5.82. The van der Waals surface area contributed by atoms with Crippen LogP contribution >= 0.6 is 47.2 Å². The van der Waals surface area contributed by atoms with Crippen LogP contribution in [0, 0.1) is 0 Å². The number of nitrogens with zero attached hydrogens (tertiary/aromatic N) is 2. The Hall–Kier alpha value is -2.06. The van der Waals surface area contributed by atoms with Gasteiger partial charge in [-0.15, -0.1) is 0 Å². The maximum absolute atomic E-state index is 12.7. The summed E-state index contributed by atoms with van der Waals surface area (Å²) >= 11 is 18.4. The van der Waals surface area contributed by atoms with Crippen molar-refractivity contribution in [1.29, 1.82) is 0 Å². The molecule has 1 aromatic carbocycles. The molecular weight excluding hydrogens is 439 g/mol. The van der Waals surface area contributed by atoms with Crippen LogP contribution in [-0.2, 0) is 9.53 Å². The molecule has 9 heteroatoms. The van der Waals surface area contributed by atoms with E-state index in [-0.39, 0.29) is 17.5 Å². The van der Waals surface area contributed by atoms with Crippen molar-refractivity contribution in [3.05, 3.63) is 64.4 Å². The molecule has 3 heterocycles. The number of carbonyl (C=O) groups excluding carboxylic acids is 1. The molecular formula is C19H12Cl2N2O3S2. The van der Waals surface area contributed by atoms with Crippen LogP contribution in [0.3, 0.4) is 0 Å². The topological polar surface area (TPSA) is 55.0 Å². The number of furan rings is 1. The second kappa shape index (κ2) is 8.13. The Balaban J connectivity index is 1.53. The van der Waals surface area contributed by atoms with E-state index in [9.17, 15) is 4.79 Å². The van der Waals surface area contributed by atoms with Gasteiger partial charge in [-0.1, -0.05) is 41.5 Å².